The highest BCUT2D eigenvalue weighted by molar-refractivity contribution is 8.27. The first-order chi connectivity index (χ1) is 7.74. The van der Waals surface area contributed by atoms with E-state index in [4.69, 9.17) is 11.6 Å². The molecule has 1 aromatic carbocycles. The Kier molecular flexibility index (Phi) is 2.33. The number of aliphatic imine (C=N–C) groups is 1. The van der Waals surface area contributed by atoms with Gasteiger partial charge in [-0.2, -0.15) is 5.10 Å². The summed E-state index contributed by atoms with van der Waals surface area (Å²) in [7, 11) is 0. The minimum absolute atomic E-state index is 0.0407. The predicted octanol–water partition coefficient (Wildman–Crippen LogP) is 2.99. The molecule has 16 heavy (non-hydrogen) atoms. The molecular formula is C11H8ClN3S. The lowest BCUT2D eigenvalue weighted by Crippen LogP contribution is -2.15. The topological polar surface area (TPSA) is 37.1 Å². The van der Waals surface area contributed by atoms with Crippen molar-refractivity contribution in [3.8, 4) is 0 Å². The highest BCUT2D eigenvalue weighted by Crippen LogP contribution is 2.30. The summed E-state index contributed by atoms with van der Waals surface area (Å²) >= 11 is 7.53. The Morgan fingerprint density at radius 2 is 2.19 bits per heavy atom. The third-order valence-corrected chi connectivity index (χ3v) is 3.74. The minimum Gasteiger partial charge on any atom is -0.261 e. The summed E-state index contributed by atoms with van der Waals surface area (Å²) in [6.07, 6.45) is 0. The highest BCUT2D eigenvalue weighted by atomic mass is 35.5. The molecule has 0 aliphatic carbocycles. The zero-order valence-electron chi connectivity index (χ0n) is 8.51. The van der Waals surface area contributed by atoms with Gasteiger partial charge in [0.2, 0.25) is 0 Å². The van der Waals surface area contributed by atoms with Gasteiger partial charge in [-0.25, -0.2) is 0 Å². The molecule has 3 rings (SSSR count). The molecule has 0 amide bonds. The van der Waals surface area contributed by atoms with Gasteiger partial charge in [0.05, 0.1) is 5.71 Å². The SMILES string of the molecule is CC1=NN=C2SC(c3cccc(Cl)c3)=NC12. The maximum atomic E-state index is 5.95. The van der Waals surface area contributed by atoms with Crippen LogP contribution in [-0.4, -0.2) is 21.8 Å². The zero-order valence-corrected chi connectivity index (χ0v) is 10.1. The number of hydrogen-bond donors (Lipinski definition) is 0. The lowest BCUT2D eigenvalue weighted by molar-refractivity contribution is 1.18. The second kappa shape index (κ2) is 3.71. The smallest absolute Gasteiger partial charge is 0.141 e. The first-order valence-electron chi connectivity index (χ1n) is 4.87. The van der Waals surface area contributed by atoms with Crippen LogP contribution in [0.2, 0.25) is 5.02 Å². The van der Waals surface area contributed by atoms with E-state index in [1.165, 1.54) is 0 Å². The van der Waals surface area contributed by atoms with Crippen LogP contribution in [0, 0.1) is 0 Å². The molecule has 5 heteroatoms. The van der Waals surface area contributed by atoms with Gasteiger partial charge in [0, 0.05) is 10.6 Å². The van der Waals surface area contributed by atoms with E-state index in [-0.39, 0.29) is 6.04 Å². The summed E-state index contributed by atoms with van der Waals surface area (Å²) in [6.45, 7) is 1.95. The molecule has 0 saturated carbocycles. The molecule has 0 radical (unpaired) electrons. The Balaban J connectivity index is 1.97. The van der Waals surface area contributed by atoms with E-state index in [2.05, 4.69) is 15.2 Å². The summed E-state index contributed by atoms with van der Waals surface area (Å²) in [6, 6.07) is 7.75. The van der Waals surface area contributed by atoms with Crippen LogP contribution in [0.3, 0.4) is 0 Å². The lowest BCUT2D eigenvalue weighted by Gasteiger charge is -1.99. The Morgan fingerprint density at radius 1 is 1.31 bits per heavy atom. The molecule has 2 heterocycles. The molecule has 0 spiro atoms. The number of hydrogen-bond acceptors (Lipinski definition) is 4. The Morgan fingerprint density at radius 3 is 2.94 bits per heavy atom. The summed E-state index contributed by atoms with van der Waals surface area (Å²) in [5.41, 5.74) is 2.00. The van der Waals surface area contributed by atoms with Crippen LogP contribution in [0.5, 0.6) is 0 Å². The quantitative estimate of drug-likeness (QED) is 0.754. The molecule has 2 aliphatic rings. The Bertz CT molecular complexity index is 548. The molecule has 0 N–H and O–H groups in total. The van der Waals surface area contributed by atoms with E-state index in [9.17, 15) is 0 Å². The highest BCUT2D eigenvalue weighted by Gasteiger charge is 2.32. The molecule has 0 aromatic heterocycles. The normalized spacial score (nSPS) is 22.6. The fraction of sp³-hybridized carbons (Fsp3) is 0.182. The van der Waals surface area contributed by atoms with Crippen molar-refractivity contribution in [2.24, 2.45) is 15.2 Å². The Labute approximate surface area is 102 Å². The average molecular weight is 250 g/mol. The van der Waals surface area contributed by atoms with Gasteiger partial charge in [0.25, 0.3) is 0 Å². The molecule has 2 aliphatic heterocycles. The summed E-state index contributed by atoms with van der Waals surface area (Å²) in [5.74, 6) is 0. The Hall–Kier alpha value is -1.13. The van der Waals surface area contributed by atoms with E-state index in [0.717, 1.165) is 26.4 Å². The van der Waals surface area contributed by atoms with Gasteiger partial charge in [-0.05, 0) is 30.8 Å². The molecule has 0 saturated heterocycles. The second-order valence-electron chi connectivity index (χ2n) is 3.63. The van der Waals surface area contributed by atoms with Crippen LogP contribution in [0.25, 0.3) is 0 Å². The molecular weight excluding hydrogens is 242 g/mol. The minimum atomic E-state index is 0.0407. The van der Waals surface area contributed by atoms with Crippen LogP contribution in [0.1, 0.15) is 12.5 Å². The van der Waals surface area contributed by atoms with Gasteiger partial charge >= 0.3 is 0 Å². The van der Waals surface area contributed by atoms with Crippen molar-refractivity contribution in [3.63, 3.8) is 0 Å². The fourth-order valence-corrected chi connectivity index (χ4v) is 2.85. The van der Waals surface area contributed by atoms with Crippen LogP contribution in [-0.2, 0) is 0 Å². The van der Waals surface area contributed by atoms with Crippen molar-refractivity contribution in [1.29, 1.82) is 0 Å². The lowest BCUT2D eigenvalue weighted by atomic mass is 10.2. The molecule has 3 nitrogen and oxygen atoms in total. The van der Waals surface area contributed by atoms with Gasteiger partial charge in [-0.15, -0.1) is 5.10 Å². The van der Waals surface area contributed by atoms with Gasteiger partial charge in [0.15, 0.2) is 0 Å². The van der Waals surface area contributed by atoms with Crippen molar-refractivity contribution >= 4 is 39.2 Å². The third kappa shape index (κ3) is 1.58. The van der Waals surface area contributed by atoms with Gasteiger partial charge in [-0.1, -0.05) is 23.7 Å². The summed E-state index contributed by atoms with van der Waals surface area (Å²) in [5, 5.41) is 10.8. The monoisotopic (exact) mass is 249 g/mol. The number of nitrogens with zero attached hydrogens (tertiary/aromatic N) is 3. The number of halogens is 1. The third-order valence-electron chi connectivity index (χ3n) is 2.46. The molecule has 1 aromatic rings. The molecule has 1 unspecified atom stereocenters. The molecule has 0 fully saturated rings. The van der Waals surface area contributed by atoms with Crippen molar-refractivity contribution < 1.29 is 0 Å². The molecule has 80 valence electrons. The van der Waals surface area contributed by atoms with E-state index in [0.29, 0.717) is 0 Å². The first kappa shape index (κ1) is 10.1. The van der Waals surface area contributed by atoms with E-state index < -0.39 is 0 Å². The van der Waals surface area contributed by atoms with Gasteiger partial charge in [-0.3, -0.25) is 4.99 Å². The van der Waals surface area contributed by atoms with Crippen molar-refractivity contribution in [3.05, 3.63) is 34.9 Å². The van der Waals surface area contributed by atoms with E-state index in [1.54, 1.807) is 11.8 Å². The zero-order chi connectivity index (χ0) is 11.1. The van der Waals surface area contributed by atoms with Crippen molar-refractivity contribution in [2.75, 3.05) is 0 Å². The molecule has 0 bridgehead atoms. The number of rotatable bonds is 1. The van der Waals surface area contributed by atoms with Crippen LogP contribution >= 0.6 is 23.4 Å². The summed E-state index contributed by atoms with van der Waals surface area (Å²) in [4.78, 5) is 4.60. The van der Waals surface area contributed by atoms with Crippen molar-refractivity contribution in [2.45, 2.75) is 13.0 Å². The maximum absolute atomic E-state index is 5.95. The van der Waals surface area contributed by atoms with E-state index >= 15 is 0 Å². The number of fused-ring (bicyclic) bond motifs is 1. The fourth-order valence-electron chi connectivity index (χ4n) is 1.64. The molecule has 1 atom stereocenters. The summed E-state index contributed by atoms with van der Waals surface area (Å²) < 4.78 is 0. The number of benzene rings is 1. The van der Waals surface area contributed by atoms with Crippen LogP contribution < -0.4 is 0 Å². The van der Waals surface area contributed by atoms with Crippen LogP contribution in [0.4, 0.5) is 0 Å². The average Bonchev–Trinajstić information content (AvgIpc) is 2.81. The largest absolute Gasteiger partial charge is 0.261 e. The second-order valence-corrected chi connectivity index (χ2v) is 5.07. The number of thioether (sulfide) groups is 1. The standard InChI is InChI=1S/C11H8ClN3S/c1-6-9-11(15-14-6)16-10(13-9)7-3-2-4-8(12)5-7/h2-5,9H,1H3. The van der Waals surface area contributed by atoms with Crippen molar-refractivity contribution in [1.82, 2.24) is 0 Å². The van der Waals surface area contributed by atoms with Gasteiger partial charge < -0.3 is 0 Å². The predicted molar refractivity (Wildman–Crippen MR) is 69.9 cm³/mol. The maximum Gasteiger partial charge on any atom is 0.141 e. The van der Waals surface area contributed by atoms with Gasteiger partial charge in [0.1, 0.15) is 16.1 Å². The first-order valence-corrected chi connectivity index (χ1v) is 6.07. The van der Waals surface area contributed by atoms with E-state index in [1.807, 2.05) is 31.2 Å². The van der Waals surface area contributed by atoms with Crippen LogP contribution in [0.15, 0.2) is 39.5 Å².